The Balaban J connectivity index is 1.59. The van der Waals surface area contributed by atoms with Crippen LogP contribution in [-0.4, -0.2) is 76.7 Å². The van der Waals surface area contributed by atoms with E-state index in [2.05, 4.69) is 16.7 Å². The van der Waals surface area contributed by atoms with Crippen LogP contribution in [0.2, 0.25) is 0 Å². The fourth-order valence-electron chi connectivity index (χ4n) is 4.42. The Morgan fingerprint density at radius 2 is 1.91 bits per heavy atom. The van der Waals surface area contributed by atoms with Crippen molar-refractivity contribution in [3.63, 3.8) is 0 Å². The summed E-state index contributed by atoms with van der Waals surface area (Å²) in [6.07, 6.45) is 0.479. The summed E-state index contributed by atoms with van der Waals surface area (Å²) in [6.45, 7) is 9.77. The smallest absolute Gasteiger partial charge is 0.227 e. The monoisotopic (exact) mass is 482 g/mol. The molecular formula is C27H35FN4O3. The second-order valence-electron chi connectivity index (χ2n) is 8.98. The first-order valence-corrected chi connectivity index (χ1v) is 12.3. The number of aryl methyl sites for hydroxylation is 1. The van der Waals surface area contributed by atoms with E-state index in [1.807, 2.05) is 37.3 Å². The van der Waals surface area contributed by atoms with Gasteiger partial charge in [-0.15, -0.1) is 0 Å². The lowest BCUT2D eigenvalue weighted by molar-refractivity contribution is 0.00622. The zero-order chi connectivity index (χ0) is 24.6. The highest BCUT2D eigenvalue weighted by Crippen LogP contribution is 2.32. The van der Waals surface area contributed by atoms with Crippen molar-refractivity contribution in [2.75, 3.05) is 45.9 Å². The molecule has 0 radical (unpaired) electrons. The summed E-state index contributed by atoms with van der Waals surface area (Å²) in [6, 6.07) is 15.9. The molecule has 7 nitrogen and oxygen atoms in total. The second kappa shape index (κ2) is 12.3. The number of aliphatic hydroxyl groups excluding tert-OH is 1. The highest BCUT2D eigenvalue weighted by Gasteiger charge is 2.23. The maximum Gasteiger partial charge on any atom is 0.227 e. The molecule has 4 rings (SSSR count). The lowest BCUT2D eigenvalue weighted by Crippen LogP contribution is -2.44. The zero-order valence-corrected chi connectivity index (χ0v) is 20.6. The van der Waals surface area contributed by atoms with E-state index in [9.17, 15) is 9.50 Å². The second-order valence-corrected chi connectivity index (χ2v) is 8.98. The lowest BCUT2D eigenvalue weighted by Gasteiger charge is -2.31. The number of morpholine rings is 1. The third-order valence-corrected chi connectivity index (χ3v) is 6.11. The largest absolute Gasteiger partial charge is 0.438 e. The minimum atomic E-state index is -0.475. The fraction of sp³-hybridized carbons (Fsp3) is 0.444. The highest BCUT2D eigenvalue weighted by atomic mass is 19.1. The van der Waals surface area contributed by atoms with Gasteiger partial charge in [0.05, 0.1) is 36.3 Å². The van der Waals surface area contributed by atoms with Crippen LogP contribution < -0.4 is 4.74 Å². The number of benzene rings is 2. The molecule has 0 amide bonds. The van der Waals surface area contributed by atoms with Gasteiger partial charge in [0, 0.05) is 38.8 Å². The van der Waals surface area contributed by atoms with Crippen LogP contribution in [0.1, 0.15) is 24.6 Å². The Hall–Kier alpha value is -2.78. The topological polar surface area (TPSA) is 63.0 Å². The van der Waals surface area contributed by atoms with E-state index in [1.54, 1.807) is 16.8 Å². The van der Waals surface area contributed by atoms with Crippen molar-refractivity contribution in [1.82, 2.24) is 19.6 Å². The Morgan fingerprint density at radius 1 is 1.14 bits per heavy atom. The predicted molar refractivity (Wildman–Crippen MR) is 134 cm³/mol. The molecule has 1 N–H and O–H groups in total. The molecule has 0 bridgehead atoms. The quantitative estimate of drug-likeness (QED) is 0.446. The molecule has 1 fully saturated rings. The fourth-order valence-corrected chi connectivity index (χ4v) is 4.42. The van der Waals surface area contributed by atoms with Crippen molar-refractivity contribution in [2.45, 2.75) is 32.9 Å². The van der Waals surface area contributed by atoms with Crippen molar-refractivity contribution in [2.24, 2.45) is 0 Å². The number of aromatic nitrogens is 2. The van der Waals surface area contributed by atoms with Gasteiger partial charge in [0.25, 0.3) is 0 Å². The summed E-state index contributed by atoms with van der Waals surface area (Å²) in [5.41, 5.74) is 2.62. The van der Waals surface area contributed by atoms with Gasteiger partial charge in [0.15, 0.2) is 0 Å². The molecule has 0 saturated carbocycles. The molecule has 1 aliphatic heterocycles. The molecule has 0 aliphatic carbocycles. The van der Waals surface area contributed by atoms with Crippen LogP contribution in [0.25, 0.3) is 5.69 Å². The summed E-state index contributed by atoms with van der Waals surface area (Å²) >= 11 is 0. The first-order chi connectivity index (χ1) is 17.0. The number of aliphatic hydroxyl groups is 1. The summed E-state index contributed by atoms with van der Waals surface area (Å²) < 4.78 is 27.3. The van der Waals surface area contributed by atoms with Crippen LogP contribution in [0.5, 0.6) is 11.6 Å². The van der Waals surface area contributed by atoms with Gasteiger partial charge in [-0.2, -0.15) is 5.10 Å². The van der Waals surface area contributed by atoms with Gasteiger partial charge in [0.1, 0.15) is 11.6 Å². The zero-order valence-electron chi connectivity index (χ0n) is 20.6. The van der Waals surface area contributed by atoms with E-state index < -0.39 is 6.10 Å². The standard InChI is InChI=1S/C27H35FN4O3/c1-3-12-31(19-24(33)18-30-13-15-34-16-14-30)20-26-21(2)29-32(23-9-5-4-6-10-23)27(26)35-25-11-7-8-22(28)17-25/h4-11,17,24,33H,3,12-16,18-20H2,1-2H3/t24-/m1/s1. The van der Waals surface area contributed by atoms with E-state index in [1.165, 1.54) is 12.1 Å². The van der Waals surface area contributed by atoms with Gasteiger partial charge in [-0.3, -0.25) is 9.80 Å². The molecule has 1 saturated heterocycles. The van der Waals surface area contributed by atoms with Crippen LogP contribution in [0.15, 0.2) is 54.6 Å². The number of ether oxygens (including phenoxy) is 2. The number of hydrogen-bond acceptors (Lipinski definition) is 6. The lowest BCUT2D eigenvalue weighted by atomic mass is 10.2. The maximum absolute atomic E-state index is 13.9. The molecule has 1 aliphatic rings. The summed E-state index contributed by atoms with van der Waals surface area (Å²) in [7, 11) is 0. The molecule has 8 heteroatoms. The summed E-state index contributed by atoms with van der Waals surface area (Å²) in [4.78, 5) is 4.48. The van der Waals surface area contributed by atoms with Gasteiger partial charge in [0.2, 0.25) is 5.88 Å². The normalized spacial score (nSPS) is 15.5. The SMILES string of the molecule is CCCN(Cc1c(C)nn(-c2ccccc2)c1Oc1cccc(F)c1)C[C@H](O)CN1CCOCC1. The van der Waals surface area contributed by atoms with Crippen molar-refractivity contribution >= 4 is 0 Å². The molecule has 1 aromatic heterocycles. The predicted octanol–water partition coefficient (Wildman–Crippen LogP) is 4.02. The Kier molecular flexibility index (Phi) is 8.87. The molecular weight excluding hydrogens is 447 g/mol. The van der Waals surface area contributed by atoms with Crippen molar-refractivity contribution in [3.05, 3.63) is 71.7 Å². The summed E-state index contributed by atoms with van der Waals surface area (Å²) in [5, 5.41) is 15.6. The van der Waals surface area contributed by atoms with E-state index >= 15 is 0 Å². The van der Waals surface area contributed by atoms with Crippen LogP contribution in [0.3, 0.4) is 0 Å². The highest BCUT2D eigenvalue weighted by molar-refractivity contribution is 5.43. The number of β-amino-alcohol motifs (C(OH)–C–C–N with tert-alkyl or cyclic N) is 1. The van der Waals surface area contributed by atoms with Crippen molar-refractivity contribution < 1.29 is 19.0 Å². The Morgan fingerprint density at radius 3 is 2.63 bits per heavy atom. The van der Waals surface area contributed by atoms with Gasteiger partial charge in [-0.1, -0.05) is 31.2 Å². The van der Waals surface area contributed by atoms with Gasteiger partial charge >= 0.3 is 0 Å². The van der Waals surface area contributed by atoms with Crippen LogP contribution >= 0.6 is 0 Å². The number of halogens is 1. The number of nitrogens with zero attached hydrogens (tertiary/aromatic N) is 4. The number of para-hydroxylation sites is 1. The van der Waals surface area contributed by atoms with E-state index in [-0.39, 0.29) is 5.82 Å². The maximum atomic E-state index is 13.9. The molecule has 2 heterocycles. The van der Waals surface area contributed by atoms with Crippen LogP contribution in [0.4, 0.5) is 4.39 Å². The number of rotatable bonds is 11. The summed E-state index contributed by atoms with van der Waals surface area (Å²) in [5.74, 6) is 0.617. The molecule has 188 valence electrons. The van der Waals surface area contributed by atoms with Gasteiger partial charge < -0.3 is 14.6 Å². The number of hydrogen-bond donors (Lipinski definition) is 1. The minimum Gasteiger partial charge on any atom is -0.438 e. The van der Waals surface area contributed by atoms with Gasteiger partial charge in [-0.25, -0.2) is 9.07 Å². The van der Waals surface area contributed by atoms with Crippen molar-refractivity contribution in [3.8, 4) is 17.3 Å². The van der Waals surface area contributed by atoms with E-state index in [4.69, 9.17) is 14.6 Å². The van der Waals surface area contributed by atoms with Crippen LogP contribution in [0, 0.1) is 12.7 Å². The molecule has 35 heavy (non-hydrogen) atoms. The third kappa shape index (κ3) is 6.89. The molecule has 0 spiro atoms. The average molecular weight is 483 g/mol. The third-order valence-electron chi connectivity index (χ3n) is 6.11. The minimum absolute atomic E-state index is 0.356. The van der Waals surface area contributed by atoms with Crippen LogP contribution in [-0.2, 0) is 11.3 Å². The van der Waals surface area contributed by atoms with Gasteiger partial charge in [-0.05, 0) is 44.2 Å². The first kappa shape index (κ1) is 25.3. The van der Waals surface area contributed by atoms with Crippen molar-refractivity contribution in [1.29, 1.82) is 0 Å². The Bertz CT molecular complexity index is 1070. The first-order valence-electron chi connectivity index (χ1n) is 12.3. The molecule has 2 aromatic carbocycles. The van der Waals surface area contributed by atoms with E-state index in [0.717, 1.165) is 43.0 Å². The van der Waals surface area contributed by atoms with E-state index in [0.29, 0.717) is 44.5 Å². The molecule has 1 atom stereocenters. The molecule has 3 aromatic rings. The average Bonchev–Trinajstić information content (AvgIpc) is 3.15. The Labute approximate surface area is 206 Å². The molecule has 0 unspecified atom stereocenters.